The molecule has 1 aromatic rings. The Labute approximate surface area is 160 Å². The number of phenols is 1. The number of nitriles is 1. The van der Waals surface area contributed by atoms with E-state index in [1.807, 2.05) is 6.07 Å². The van der Waals surface area contributed by atoms with Crippen LogP contribution in [0.15, 0.2) is 12.1 Å². The van der Waals surface area contributed by atoms with Crippen molar-refractivity contribution in [1.82, 2.24) is 10.2 Å². The van der Waals surface area contributed by atoms with Crippen LogP contribution in [0.3, 0.4) is 0 Å². The maximum absolute atomic E-state index is 14.1. The summed E-state index contributed by atoms with van der Waals surface area (Å²) in [6.07, 6.45) is 1.76. The van der Waals surface area contributed by atoms with Crippen molar-refractivity contribution in [2.24, 2.45) is 5.92 Å². The van der Waals surface area contributed by atoms with E-state index < -0.39 is 5.82 Å². The predicted octanol–water partition coefficient (Wildman–Crippen LogP) is 2.62. The molecule has 0 saturated carbocycles. The Balaban J connectivity index is 0.00000156. The molecule has 140 valence electrons. The summed E-state index contributed by atoms with van der Waals surface area (Å²) in [5, 5.41) is 22.7. The zero-order chi connectivity index (χ0) is 16.2. The number of nitrogens with one attached hydrogen (secondary N) is 1. The Bertz CT molecular complexity index is 582. The molecule has 1 atom stereocenters. The van der Waals surface area contributed by atoms with Gasteiger partial charge in [0.25, 0.3) is 0 Å². The van der Waals surface area contributed by atoms with Crippen LogP contribution in [0.4, 0.5) is 4.39 Å². The maximum Gasteiger partial charge on any atom is 0.166 e. The van der Waals surface area contributed by atoms with Crippen LogP contribution in [0.5, 0.6) is 5.75 Å². The number of ether oxygens (including phenoxy) is 1. The Kier molecular flexibility index (Phi) is 8.91. The van der Waals surface area contributed by atoms with Gasteiger partial charge in [-0.05, 0) is 30.9 Å². The fraction of sp³-hybridized carbons (Fsp3) is 0.588. The van der Waals surface area contributed by atoms with Gasteiger partial charge in [-0.15, -0.1) is 24.8 Å². The minimum atomic E-state index is -0.716. The van der Waals surface area contributed by atoms with Crippen molar-refractivity contribution < 1.29 is 14.2 Å². The Morgan fingerprint density at radius 3 is 2.48 bits per heavy atom. The van der Waals surface area contributed by atoms with Crippen LogP contribution in [0, 0.1) is 23.1 Å². The molecule has 0 bridgehead atoms. The minimum absolute atomic E-state index is 0. The molecule has 25 heavy (non-hydrogen) atoms. The molecule has 8 heteroatoms. The second kappa shape index (κ2) is 10.1. The second-order valence-corrected chi connectivity index (χ2v) is 6.19. The summed E-state index contributed by atoms with van der Waals surface area (Å²) in [5.74, 6) is -0.744. The van der Waals surface area contributed by atoms with Crippen molar-refractivity contribution >= 4 is 24.8 Å². The minimum Gasteiger partial charge on any atom is -0.505 e. The molecule has 1 aromatic carbocycles. The number of rotatable bonds is 3. The van der Waals surface area contributed by atoms with E-state index in [0.29, 0.717) is 24.7 Å². The van der Waals surface area contributed by atoms with E-state index in [9.17, 15) is 9.50 Å². The zero-order valence-corrected chi connectivity index (χ0v) is 15.5. The van der Waals surface area contributed by atoms with Crippen molar-refractivity contribution in [3.63, 3.8) is 0 Å². The highest BCUT2D eigenvalue weighted by Crippen LogP contribution is 2.40. The molecule has 2 N–H and O–H groups in total. The van der Waals surface area contributed by atoms with Gasteiger partial charge in [0.1, 0.15) is 0 Å². The molecular weight excluding hydrogens is 368 g/mol. The van der Waals surface area contributed by atoms with E-state index in [0.717, 1.165) is 45.1 Å². The number of benzene rings is 1. The quantitative estimate of drug-likeness (QED) is 0.828. The first-order valence-corrected chi connectivity index (χ1v) is 8.15. The number of piperazine rings is 1. The van der Waals surface area contributed by atoms with Gasteiger partial charge in [0.2, 0.25) is 0 Å². The van der Waals surface area contributed by atoms with Crippen molar-refractivity contribution in [2.45, 2.75) is 18.9 Å². The van der Waals surface area contributed by atoms with Crippen molar-refractivity contribution in [1.29, 1.82) is 5.26 Å². The number of aromatic hydroxyl groups is 1. The predicted molar refractivity (Wildman–Crippen MR) is 98.0 cm³/mol. The number of phenolic OH excluding ortho intramolecular Hbond substituents is 1. The van der Waals surface area contributed by atoms with Crippen LogP contribution < -0.4 is 5.32 Å². The summed E-state index contributed by atoms with van der Waals surface area (Å²) in [6, 6.07) is 4.64. The molecule has 0 spiro atoms. The van der Waals surface area contributed by atoms with Gasteiger partial charge in [-0.3, -0.25) is 4.90 Å². The third-order valence-electron chi connectivity index (χ3n) is 4.80. The fourth-order valence-electron chi connectivity index (χ4n) is 3.65. The third kappa shape index (κ3) is 4.96. The van der Waals surface area contributed by atoms with Gasteiger partial charge in [0.05, 0.1) is 11.6 Å². The lowest BCUT2D eigenvalue weighted by atomic mass is 9.84. The van der Waals surface area contributed by atoms with E-state index in [1.165, 1.54) is 0 Å². The van der Waals surface area contributed by atoms with Crippen LogP contribution in [-0.2, 0) is 4.74 Å². The first-order chi connectivity index (χ1) is 11.2. The van der Waals surface area contributed by atoms with Crippen LogP contribution in [-0.4, -0.2) is 49.4 Å². The lowest BCUT2D eigenvalue weighted by molar-refractivity contribution is 0.0205. The monoisotopic (exact) mass is 391 g/mol. The summed E-state index contributed by atoms with van der Waals surface area (Å²) >= 11 is 0. The van der Waals surface area contributed by atoms with Crippen molar-refractivity contribution in [2.75, 3.05) is 39.4 Å². The van der Waals surface area contributed by atoms with Crippen LogP contribution in [0.2, 0.25) is 0 Å². The summed E-state index contributed by atoms with van der Waals surface area (Å²) in [6.45, 7) is 4.82. The molecular formula is C17H24Cl2FN3O2. The molecule has 2 aliphatic rings. The molecule has 0 aromatic heterocycles. The Morgan fingerprint density at radius 1 is 1.24 bits per heavy atom. The molecule has 0 amide bonds. The van der Waals surface area contributed by atoms with E-state index >= 15 is 0 Å². The van der Waals surface area contributed by atoms with Crippen LogP contribution >= 0.6 is 24.8 Å². The fourth-order valence-corrected chi connectivity index (χ4v) is 3.65. The normalized spacial score (nSPS) is 20.0. The van der Waals surface area contributed by atoms with Gasteiger partial charge in [-0.1, -0.05) is 0 Å². The highest BCUT2D eigenvalue weighted by molar-refractivity contribution is 5.85. The van der Waals surface area contributed by atoms with Crippen LogP contribution in [0.25, 0.3) is 0 Å². The number of hydrogen-bond acceptors (Lipinski definition) is 5. The lowest BCUT2D eigenvalue weighted by Crippen LogP contribution is -2.47. The highest BCUT2D eigenvalue weighted by atomic mass is 35.5. The standard InChI is InChI=1S/C17H22FN3O2.2ClH/c18-15-10-12(11-19)9-14(17(15)22)16(13-1-7-23-8-2-13)21-5-3-20-4-6-21;;/h9-10,13,16,20,22H,1-8H2;2*1H/t16-;;/m1../s1. The number of halogens is 3. The zero-order valence-electron chi connectivity index (χ0n) is 13.9. The topological polar surface area (TPSA) is 68.5 Å². The molecule has 0 radical (unpaired) electrons. The van der Waals surface area contributed by atoms with E-state index in [4.69, 9.17) is 10.00 Å². The molecule has 5 nitrogen and oxygen atoms in total. The van der Waals surface area contributed by atoms with E-state index in [2.05, 4.69) is 10.2 Å². The summed E-state index contributed by atoms with van der Waals surface area (Å²) < 4.78 is 19.5. The Morgan fingerprint density at radius 2 is 1.88 bits per heavy atom. The number of hydrogen-bond donors (Lipinski definition) is 2. The first-order valence-electron chi connectivity index (χ1n) is 8.15. The highest BCUT2D eigenvalue weighted by Gasteiger charge is 2.33. The molecule has 2 heterocycles. The summed E-state index contributed by atoms with van der Waals surface area (Å²) in [5.41, 5.74) is 0.790. The largest absolute Gasteiger partial charge is 0.505 e. The summed E-state index contributed by atoms with van der Waals surface area (Å²) in [7, 11) is 0. The van der Waals surface area contributed by atoms with Gasteiger partial charge in [0, 0.05) is 51.0 Å². The number of nitrogens with zero attached hydrogens (tertiary/aromatic N) is 2. The SMILES string of the molecule is Cl.Cl.N#Cc1cc(F)c(O)c([C@@H](C2CCOCC2)N2CCNCC2)c1. The molecule has 0 aliphatic carbocycles. The lowest BCUT2D eigenvalue weighted by Gasteiger charge is -2.41. The van der Waals surface area contributed by atoms with Gasteiger partial charge >= 0.3 is 0 Å². The van der Waals surface area contributed by atoms with Crippen molar-refractivity contribution in [3.05, 3.63) is 29.1 Å². The van der Waals surface area contributed by atoms with Crippen LogP contribution in [0.1, 0.15) is 30.0 Å². The van der Waals surface area contributed by atoms with E-state index in [1.54, 1.807) is 6.07 Å². The smallest absolute Gasteiger partial charge is 0.166 e. The first kappa shape index (κ1) is 21.9. The molecule has 2 aliphatic heterocycles. The van der Waals surface area contributed by atoms with Crippen molar-refractivity contribution in [3.8, 4) is 11.8 Å². The third-order valence-corrected chi connectivity index (χ3v) is 4.80. The molecule has 3 rings (SSSR count). The van der Waals surface area contributed by atoms with Gasteiger partial charge in [-0.2, -0.15) is 5.26 Å². The molecule has 2 fully saturated rings. The van der Waals surface area contributed by atoms with Gasteiger partial charge in [0.15, 0.2) is 11.6 Å². The molecule has 2 saturated heterocycles. The van der Waals surface area contributed by atoms with E-state index in [-0.39, 0.29) is 42.2 Å². The van der Waals surface area contributed by atoms with Gasteiger partial charge < -0.3 is 15.2 Å². The van der Waals surface area contributed by atoms with Gasteiger partial charge in [-0.25, -0.2) is 4.39 Å². The average molecular weight is 392 g/mol. The molecule has 0 unspecified atom stereocenters. The Hall–Kier alpha value is -1.10. The maximum atomic E-state index is 14.1. The summed E-state index contributed by atoms with van der Waals surface area (Å²) in [4.78, 5) is 2.29. The average Bonchev–Trinajstić information content (AvgIpc) is 2.60. The second-order valence-electron chi connectivity index (χ2n) is 6.19.